The molecule has 2 rings (SSSR count). The van der Waals surface area contributed by atoms with E-state index in [-0.39, 0.29) is 12.1 Å². The van der Waals surface area contributed by atoms with Gasteiger partial charge in [-0.25, -0.2) is 4.79 Å². The molecule has 0 aromatic carbocycles. The van der Waals surface area contributed by atoms with Crippen molar-refractivity contribution in [3.05, 3.63) is 24.2 Å². The summed E-state index contributed by atoms with van der Waals surface area (Å²) in [5.41, 5.74) is -0.459. The zero-order valence-corrected chi connectivity index (χ0v) is 14.3. The van der Waals surface area contributed by atoms with E-state index in [9.17, 15) is 4.79 Å². The van der Waals surface area contributed by atoms with Gasteiger partial charge in [-0.3, -0.25) is 4.99 Å². The minimum absolute atomic E-state index is 0.192. The summed E-state index contributed by atoms with van der Waals surface area (Å²) < 4.78 is 10.6. The number of furan rings is 1. The number of guanidine groups is 1. The van der Waals surface area contributed by atoms with Crippen molar-refractivity contribution in [3.8, 4) is 0 Å². The van der Waals surface area contributed by atoms with Gasteiger partial charge in [-0.05, 0) is 32.9 Å². The van der Waals surface area contributed by atoms with Gasteiger partial charge in [-0.2, -0.15) is 0 Å². The predicted molar refractivity (Wildman–Crippen MR) is 88.5 cm³/mol. The minimum atomic E-state index is -0.459. The van der Waals surface area contributed by atoms with Gasteiger partial charge in [0.15, 0.2) is 5.96 Å². The second-order valence-corrected chi connectivity index (χ2v) is 6.55. The Kier molecular flexibility index (Phi) is 5.52. The van der Waals surface area contributed by atoms with E-state index in [2.05, 4.69) is 15.6 Å². The van der Waals surface area contributed by atoms with Crippen LogP contribution in [-0.2, 0) is 11.2 Å². The highest BCUT2D eigenvalue weighted by molar-refractivity contribution is 5.80. The Morgan fingerprint density at radius 1 is 1.48 bits per heavy atom. The summed E-state index contributed by atoms with van der Waals surface area (Å²) in [5.74, 6) is 1.66. The molecule has 2 N–H and O–H groups in total. The Balaban J connectivity index is 1.66. The van der Waals surface area contributed by atoms with Gasteiger partial charge in [0, 0.05) is 33.1 Å². The summed E-state index contributed by atoms with van der Waals surface area (Å²) in [6.07, 6.45) is 2.20. The number of hydrogen-bond donors (Lipinski definition) is 2. The van der Waals surface area contributed by atoms with Crippen molar-refractivity contribution in [2.24, 2.45) is 4.99 Å². The van der Waals surface area contributed by atoms with Crippen molar-refractivity contribution in [2.75, 3.05) is 26.7 Å². The van der Waals surface area contributed by atoms with Crippen molar-refractivity contribution < 1.29 is 13.9 Å². The number of nitrogens with zero attached hydrogens (tertiary/aromatic N) is 2. The number of rotatable bonds is 4. The van der Waals surface area contributed by atoms with E-state index in [0.29, 0.717) is 13.1 Å². The summed E-state index contributed by atoms with van der Waals surface area (Å²) in [5, 5.41) is 6.52. The fraction of sp³-hybridized carbons (Fsp3) is 0.625. The third-order valence-electron chi connectivity index (χ3n) is 3.34. The van der Waals surface area contributed by atoms with Crippen LogP contribution in [0.25, 0.3) is 0 Å². The molecule has 7 nitrogen and oxygen atoms in total. The Morgan fingerprint density at radius 2 is 2.22 bits per heavy atom. The smallest absolute Gasteiger partial charge is 0.410 e. The first-order valence-electron chi connectivity index (χ1n) is 7.85. The molecule has 128 valence electrons. The largest absolute Gasteiger partial charge is 0.469 e. The van der Waals surface area contributed by atoms with Crippen LogP contribution in [0.2, 0.25) is 0 Å². The monoisotopic (exact) mass is 322 g/mol. The lowest BCUT2D eigenvalue weighted by molar-refractivity contribution is 0.00701. The molecule has 23 heavy (non-hydrogen) atoms. The van der Waals surface area contributed by atoms with Crippen LogP contribution in [0.15, 0.2) is 27.8 Å². The fourth-order valence-electron chi connectivity index (χ4n) is 2.19. The quantitative estimate of drug-likeness (QED) is 0.650. The number of nitrogens with one attached hydrogen (secondary N) is 2. The van der Waals surface area contributed by atoms with Gasteiger partial charge in [-0.15, -0.1) is 0 Å². The van der Waals surface area contributed by atoms with E-state index in [0.717, 1.165) is 24.7 Å². The Hall–Kier alpha value is -2.18. The molecule has 0 bridgehead atoms. The molecule has 0 unspecified atom stereocenters. The van der Waals surface area contributed by atoms with Crippen molar-refractivity contribution >= 4 is 12.1 Å². The van der Waals surface area contributed by atoms with Gasteiger partial charge in [-0.1, -0.05) is 0 Å². The molecule has 1 aliphatic rings. The van der Waals surface area contributed by atoms with Crippen molar-refractivity contribution in [1.29, 1.82) is 0 Å². The zero-order chi connectivity index (χ0) is 16.9. The van der Waals surface area contributed by atoms with E-state index < -0.39 is 5.60 Å². The highest BCUT2D eigenvalue weighted by Gasteiger charge is 2.34. The molecule has 1 fully saturated rings. The molecule has 0 atom stereocenters. The average molecular weight is 322 g/mol. The van der Waals surface area contributed by atoms with Gasteiger partial charge in [0.25, 0.3) is 0 Å². The molecule has 2 heterocycles. The first-order valence-corrected chi connectivity index (χ1v) is 7.85. The van der Waals surface area contributed by atoms with Crippen LogP contribution >= 0.6 is 0 Å². The molecule has 0 aliphatic carbocycles. The summed E-state index contributed by atoms with van der Waals surface area (Å²) in [7, 11) is 1.73. The number of amides is 1. The lowest BCUT2D eigenvalue weighted by Gasteiger charge is -2.40. The molecule has 1 aliphatic heterocycles. The Bertz CT molecular complexity index is 528. The molecular formula is C16H26N4O3. The zero-order valence-electron chi connectivity index (χ0n) is 14.3. The molecule has 0 spiro atoms. The van der Waals surface area contributed by atoms with E-state index in [1.807, 2.05) is 32.9 Å². The van der Waals surface area contributed by atoms with Gasteiger partial charge >= 0.3 is 6.09 Å². The average Bonchev–Trinajstić information content (AvgIpc) is 2.91. The van der Waals surface area contributed by atoms with Crippen molar-refractivity contribution in [1.82, 2.24) is 15.5 Å². The summed E-state index contributed by atoms with van der Waals surface area (Å²) in [4.78, 5) is 17.7. The Labute approximate surface area is 137 Å². The van der Waals surface area contributed by atoms with Gasteiger partial charge in [0.1, 0.15) is 11.4 Å². The van der Waals surface area contributed by atoms with E-state index >= 15 is 0 Å². The van der Waals surface area contributed by atoms with E-state index in [1.165, 1.54) is 0 Å². The fourth-order valence-corrected chi connectivity index (χ4v) is 2.19. The summed E-state index contributed by atoms with van der Waals surface area (Å²) in [6, 6.07) is 4.02. The van der Waals surface area contributed by atoms with E-state index in [1.54, 1.807) is 18.2 Å². The molecular weight excluding hydrogens is 296 g/mol. The highest BCUT2D eigenvalue weighted by Crippen LogP contribution is 2.15. The molecule has 1 aromatic rings. The first kappa shape index (κ1) is 17.2. The van der Waals surface area contributed by atoms with Gasteiger partial charge in [0.05, 0.1) is 12.3 Å². The maximum Gasteiger partial charge on any atom is 0.410 e. The van der Waals surface area contributed by atoms with Crippen LogP contribution < -0.4 is 10.6 Å². The topological polar surface area (TPSA) is 79.1 Å². The van der Waals surface area contributed by atoms with Gasteiger partial charge < -0.3 is 24.7 Å². The first-order chi connectivity index (χ1) is 10.9. The maximum absolute atomic E-state index is 11.9. The molecule has 0 saturated carbocycles. The normalized spacial score (nSPS) is 16.0. The summed E-state index contributed by atoms with van der Waals surface area (Å²) >= 11 is 0. The van der Waals surface area contributed by atoms with Crippen molar-refractivity contribution in [3.63, 3.8) is 0 Å². The van der Waals surface area contributed by atoms with Crippen LogP contribution in [0, 0.1) is 0 Å². The van der Waals surface area contributed by atoms with Crippen LogP contribution in [0.4, 0.5) is 4.79 Å². The summed E-state index contributed by atoms with van der Waals surface area (Å²) in [6.45, 7) is 7.57. The van der Waals surface area contributed by atoms with Crippen LogP contribution in [-0.4, -0.2) is 55.3 Å². The molecule has 1 aromatic heterocycles. The Morgan fingerprint density at radius 3 is 2.78 bits per heavy atom. The predicted octanol–water partition coefficient (Wildman–Crippen LogP) is 1.61. The molecule has 7 heteroatoms. The van der Waals surface area contributed by atoms with Crippen LogP contribution in [0.3, 0.4) is 0 Å². The number of carbonyl (C=O) groups is 1. The van der Waals surface area contributed by atoms with Crippen LogP contribution in [0.1, 0.15) is 26.5 Å². The van der Waals surface area contributed by atoms with Gasteiger partial charge in [0.2, 0.25) is 0 Å². The van der Waals surface area contributed by atoms with Crippen molar-refractivity contribution in [2.45, 2.75) is 38.8 Å². The number of ether oxygens (including phenoxy) is 1. The number of carbonyl (C=O) groups excluding carboxylic acids is 1. The van der Waals surface area contributed by atoms with E-state index in [4.69, 9.17) is 9.15 Å². The minimum Gasteiger partial charge on any atom is -0.469 e. The second-order valence-electron chi connectivity index (χ2n) is 6.55. The number of aliphatic imine (C=N–C) groups is 1. The van der Waals surface area contributed by atoms with Crippen LogP contribution in [0.5, 0.6) is 0 Å². The lowest BCUT2D eigenvalue weighted by atomic mass is 10.1. The molecule has 0 radical (unpaired) electrons. The number of likely N-dealkylation sites (tertiary alicyclic amines) is 1. The standard InChI is InChI=1S/C16H26N4O3/c1-16(2,3)23-15(21)20-10-12(11-20)19-14(17-4)18-8-7-13-6-5-9-22-13/h5-6,9,12H,7-8,10-11H2,1-4H3,(H2,17,18,19). The molecule has 1 saturated heterocycles. The third kappa shape index (κ3) is 5.50. The highest BCUT2D eigenvalue weighted by atomic mass is 16.6. The number of hydrogen-bond acceptors (Lipinski definition) is 4. The third-order valence-corrected chi connectivity index (χ3v) is 3.34. The SMILES string of the molecule is CN=C(NCCc1ccco1)NC1CN(C(=O)OC(C)(C)C)C1. The molecule has 1 amide bonds. The lowest BCUT2D eigenvalue weighted by Crippen LogP contribution is -2.63. The second kappa shape index (κ2) is 7.39. The maximum atomic E-state index is 11.9.